The minimum atomic E-state index is 0.0869. The molecule has 2 heterocycles. The highest BCUT2D eigenvalue weighted by Gasteiger charge is 2.24. The minimum absolute atomic E-state index is 0.0869. The largest absolute Gasteiger partial charge is 0.492 e. The quantitative estimate of drug-likeness (QED) is 0.718. The number of carbonyl (C=O) groups excluding carboxylic acids is 1. The monoisotopic (exact) mass is 423 g/mol. The van der Waals surface area contributed by atoms with Crippen LogP contribution in [-0.4, -0.2) is 58.3 Å². The van der Waals surface area contributed by atoms with Crippen molar-refractivity contribution in [2.24, 2.45) is 0 Å². The summed E-state index contributed by atoms with van der Waals surface area (Å²) in [6.07, 6.45) is 3.87. The summed E-state index contributed by atoms with van der Waals surface area (Å²) in [6, 6.07) is 16.5. The molecule has 0 spiro atoms. The standard InChI is InChI=1S/C25H34N4O2/c1-2-31-24-9-5-4-8-23(24)29-18-16-27(17-19-29)20-25(30)26-21-10-12-22(13-11-21)28-14-6-3-7-15-28/h4-5,8-13H,2-3,6-7,14-20H2,1H3,(H,26,30)/p+1. The fourth-order valence-electron chi connectivity index (χ4n) is 4.58. The van der Waals surface area contributed by atoms with Crippen LogP contribution >= 0.6 is 0 Å². The molecular formula is C25H35N4O2+. The Balaban J connectivity index is 1.25. The van der Waals surface area contributed by atoms with Crippen molar-refractivity contribution in [3.05, 3.63) is 48.5 Å². The van der Waals surface area contributed by atoms with Crippen LogP contribution in [0.15, 0.2) is 48.5 Å². The lowest BCUT2D eigenvalue weighted by molar-refractivity contribution is -0.892. The maximum atomic E-state index is 12.6. The number of carbonyl (C=O) groups is 1. The zero-order chi connectivity index (χ0) is 21.5. The van der Waals surface area contributed by atoms with Gasteiger partial charge in [0.1, 0.15) is 5.75 Å². The van der Waals surface area contributed by atoms with Gasteiger partial charge in [0.25, 0.3) is 5.91 Å². The Morgan fingerprint density at radius 3 is 2.35 bits per heavy atom. The smallest absolute Gasteiger partial charge is 0.279 e. The fourth-order valence-corrected chi connectivity index (χ4v) is 4.58. The summed E-state index contributed by atoms with van der Waals surface area (Å²) >= 11 is 0. The summed E-state index contributed by atoms with van der Waals surface area (Å²) in [5.74, 6) is 1.03. The van der Waals surface area contributed by atoms with Crippen LogP contribution in [0.1, 0.15) is 26.2 Å². The molecule has 2 aliphatic heterocycles. The second-order valence-electron chi connectivity index (χ2n) is 8.46. The van der Waals surface area contributed by atoms with Gasteiger partial charge in [-0.25, -0.2) is 0 Å². The maximum absolute atomic E-state index is 12.6. The highest BCUT2D eigenvalue weighted by atomic mass is 16.5. The molecule has 0 atom stereocenters. The van der Waals surface area contributed by atoms with E-state index < -0.39 is 0 Å². The summed E-state index contributed by atoms with van der Waals surface area (Å²) in [7, 11) is 0. The van der Waals surface area contributed by atoms with Crippen LogP contribution in [0.2, 0.25) is 0 Å². The highest BCUT2D eigenvalue weighted by Crippen LogP contribution is 2.27. The predicted octanol–water partition coefficient (Wildman–Crippen LogP) is 2.42. The summed E-state index contributed by atoms with van der Waals surface area (Å²) in [5, 5.41) is 3.08. The van der Waals surface area contributed by atoms with Gasteiger partial charge in [0.2, 0.25) is 0 Å². The molecule has 0 bridgehead atoms. The van der Waals surface area contributed by atoms with E-state index in [4.69, 9.17) is 4.74 Å². The minimum Gasteiger partial charge on any atom is -0.492 e. The number of quaternary nitrogens is 1. The van der Waals surface area contributed by atoms with Crippen LogP contribution in [0.25, 0.3) is 0 Å². The predicted molar refractivity (Wildman–Crippen MR) is 127 cm³/mol. The molecule has 0 saturated carbocycles. The number of benzene rings is 2. The summed E-state index contributed by atoms with van der Waals surface area (Å²) < 4.78 is 5.78. The first kappa shape index (κ1) is 21.5. The van der Waals surface area contributed by atoms with Gasteiger partial charge in [-0.15, -0.1) is 0 Å². The number of piperazine rings is 1. The molecular weight excluding hydrogens is 388 g/mol. The van der Waals surface area contributed by atoms with Crippen molar-refractivity contribution >= 4 is 23.0 Å². The third-order valence-corrected chi connectivity index (χ3v) is 6.26. The van der Waals surface area contributed by atoms with Crippen molar-refractivity contribution in [2.45, 2.75) is 26.2 Å². The van der Waals surface area contributed by atoms with Crippen LogP contribution in [0.5, 0.6) is 5.75 Å². The fraction of sp³-hybridized carbons (Fsp3) is 0.480. The molecule has 0 aromatic heterocycles. The normalized spacial score (nSPS) is 17.5. The molecule has 2 saturated heterocycles. The number of anilines is 3. The van der Waals surface area contributed by atoms with Crippen molar-refractivity contribution in [3.63, 3.8) is 0 Å². The maximum Gasteiger partial charge on any atom is 0.279 e. The Kier molecular flexibility index (Phi) is 7.30. The molecule has 4 rings (SSSR count). The molecule has 6 heteroatoms. The highest BCUT2D eigenvalue weighted by molar-refractivity contribution is 5.91. The van der Waals surface area contributed by atoms with Gasteiger partial charge in [0.05, 0.1) is 38.5 Å². The molecule has 0 unspecified atom stereocenters. The third kappa shape index (κ3) is 5.70. The zero-order valence-corrected chi connectivity index (χ0v) is 18.6. The molecule has 1 amide bonds. The van der Waals surface area contributed by atoms with Crippen LogP contribution in [0, 0.1) is 0 Å². The number of hydrogen-bond donors (Lipinski definition) is 2. The van der Waals surface area contributed by atoms with E-state index in [-0.39, 0.29) is 5.91 Å². The Labute approximate surface area is 185 Å². The molecule has 2 aromatic rings. The van der Waals surface area contributed by atoms with Gasteiger partial charge in [-0.3, -0.25) is 4.79 Å². The first-order valence-corrected chi connectivity index (χ1v) is 11.7. The number of nitrogens with zero attached hydrogens (tertiary/aromatic N) is 2. The molecule has 2 fully saturated rings. The molecule has 166 valence electrons. The average Bonchev–Trinajstić information content (AvgIpc) is 2.81. The van der Waals surface area contributed by atoms with Gasteiger partial charge in [-0.2, -0.15) is 0 Å². The van der Waals surface area contributed by atoms with Gasteiger partial charge in [0.15, 0.2) is 6.54 Å². The van der Waals surface area contributed by atoms with Gasteiger partial charge >= 0.3 is 0 Å². The Morgan fingerprint density at radius 2 is 1.65 bits per heavy atom. The molecule has 0 radical (unpaired) electrons. The summed E-state index contributed by atoms with van der Waals surface area (Å²) in [5.41, 5.74) is 3.29. The van der Waals surface area contributed by atoms with Crippen molar-refractivity contribution in [2.75, 3.05) is 67.5 Å². The number of ether oxygens (including phenoxy) is 1. The van der Waals surface area contributed by atoms with E-state index in [1.165, 1.54) is 29.8 Å². The van der Waals surface area contributed by atoms with Crippen LogP contribution in [0.4, 0.5) is 17.1 Å². The molecule has 0 aliphatic carbocycles. The number of hydrogen-bond acceptors (Lipinski definition) is 4. The number of nitrogens with one attached hydrogen (secondary N) is 2. The summed E-state index contributed by atoms with van der Waals surface area (Å²) in [4.78, 5) is 18.7. The third-order valence-electron chi connectivity index (χ3n) is 6.26. The van der Waals surface area contributed by atoms with E-state index in [1.807, 2.05) is 31.2 Å². The molecule has 2 N–H and O–H groups in total. The lowest BCUT2D eigenvalue weighted by atomic mass is 10.1. The second kappa shape index (κ2) is 10.5. The summed E-state index contributed by atoms with van der Waals surface area (Å²) in [6.45, 7) is 9.21. The van der Waals surface area contributed by atoms with Gasteiger partial charge in [0, 0.05) is 24.5 Å². The molecule has 2 aromatic carbocycles. The van der Waals surface area contributed by atoms with E-state index in [0.29, 0.717) is 13.2 Å². The van der Waals surface area contributed by atoms with Crippen LogP contribution in [-0.2, 0) is 4.79 Å². The van der Waals surface area contributed by atoms with Crippen molar-refractivity contribution in [1.29, 1.82) is 0 Å². The van der Waals surface area contributed by atoms with Gasteiger partial charge in [-0.05, 0) is 62.6 Å². The van der Waals surface area contributed by atoms with Gasteiger partial charge in [-0.1, -0.05) is 12.1 Å². The number of rotatable bonds is 7. The van der Waals surface area contributed by atoms with Crippen molar-refractivity contribution < 1.29 is 14.4 Å². The van der Waals surface area contributed by atoms with Gasteiger partial charge < -0.3 is 24.8 Å². The first-order valence-electron chi connectivity index (χ1n) is 11.7. The Hall–Kier alpha value is -2.73. The van der Waals surface area contributed by atoms with E-state index in [2.05, 4.69) is 39.4 Å². The van der Waals surface area contributed by atoms with Crippen molar-refractivity contribution in [3.8, 4) is 5.75 Å². The molecule has 6 nitrogen and oxygen atoms in total. The molecule has 2 aliphatic rings. The van der Waals surface area contributed by atoms with E-state index in [9.17, 15) is 4.79 Å². The number of piperidine rings is 1. The zero-order valence-electron chi connectivity index (χ0n) is 18.6. The van der Waals surface area contributed by atoms with E-state index in [0.717, 1.165) is 56.4 Å². The van der Waals surface area contributed by atoms with E-state index >= 15 is 0 Å². The molecule has 31 heavy (non-hydrogen) atoms. The topological polar surface area (TPSA) is 49.3 Å². The van der Waals surface area contributed by atoms with Crippen LogP contribution in [0.3, 0.4) is 0 Å². The lowest BCUT2D eigenvalue weighted by Crippen LogP contribution is -3.15. The second-order valence-corrected chi connectivity index (χ2v) is 8.46. The number of amides is 1. The number of para-hydroxylation sites is 2. The van der Waals surface area contributed by atoms with E-state index in [1.54, 1.807) is 0 Å². The van der Waals surface area contributed by atoms with Crippen LogP contribution < -0.4 is 24.8 Å². The first-order chi connectivity index (χ1) is 15.2. The lowest BCUT2D eigenvalue weighted by Gasteiger charge is -2.34. The Bertz CT molecular complexity index is 841. The average molecular weight is 424 g/mol. The SMILES string of the molecule is CCOc1ccccc1N1CC[NH+](CC(=O)Nc2ccc(N3CCCCC3)cc2)CC1. The Morgan fingerprint density at radius 1 is 0.935 bits per heavy atom. The van der Waals surface area contributed by atoms with Crippen molar-refractivity contribution in [1.82, 2.24) is 0 Å².